The molecule has 0 fully saturated rings. The molecule has 0 radical (unpaired) electrons. The molecule has 3 heteroatoms. The van der Waals surface area contributed by atoms with E-state index in [4.69, 9.17) is 0 Å². The van der Waals surface area contributed by atoms with Gasteiger partial charge in [0.2, 0.25) is 11.6 Å². The van der Waals surface area contributed by atoms with Gasteiger partial charge in [-0.25, -0.2) is 0 Å². The first-order valence-electron chi connectivity index (χ1n) is 8.06. The van der Waals surface area contributed by atoms with Gasteiger partial charge in [-0.15, -0.1) is 0 Å². The van der Waals surface area contributed by atoms with E-state index in [-0.39, 0.29) is 0 Å². The van der Waals surface area contributed by atoms with Crippen molar-refractivity contribution in [3.8, 4) is 0 Å². The number of para-hydroxylation sites is 2. The molecule has 0 saturated carbocycles. The summed E-state index contributed by atoms with van der Waals surface area (Å²) in [6.45, 7) is 0. The van der Waals surface area contributed by atoms with Crippen LogP contribution in [0.1, 0.15) is 15.9 Å². The second-order valence-corrected chi connectivity index (χ2v) is 5.78. The first kappa shape index (κ1) is 15.1. The number of fused-ring (bicyclic) bond motifs is 1. The lowest BCUT2D eigenvalue weighted by Gasteiger charge is -2.30. The van der Waals surface area contributed by atoms with Crippen molar-refractivity contribution in [3.63, 3.8) is 0 Å². The van der Waals surface area contributed by atoms with E-state index in [0.717, 1.165) is 16.9 Å². The largest absolute Gasteiger partial charge is 0.310 e. The highest BCUT2D eigenvalue weighted by atomic mass is 16.2. The number of nitrogens with zero attached hydrogens (tertiary/aromatic N) is 1. The van der Waals surface area contributed by atoms with Gasteiger partial charge in [0.25, 0.3) is 0 Å². The molecule has 3 nitrogen and oxygen atoms in total. The molecular formula is C22H15NO2. The minimum atomic E-state index is -0.495. The SMILES string of the molecule is O=C1C=C(N(c2ccccc2)c2ccccc2)c2ccccc2C1=O. The zero-order valence-corrected chi connectivity index (χ0v) is 13.4. The van der Waals surface area contributed by atoms with Gasteiger partial charge < -0.3 is 4.90 Å². The number of anilines is 2. The molecule has 0 heterocycles. The Morgan fingerprint density at radius 3 is 1.60 bits per heavy atom. The van der Waals surface area contributed by atoms with Gasteiger partial charge in [0, 0.05) is 28.6 Å². The molecule has 1 aliphatic carbocycles. The van der Waals surface area contributed by atoms with Gasteiger partial charge in [0.05, 0.1) is 5.70 Å². The summed E-state index contributed by atoms with van der Waals surface area (Å²) in [6, 6.07) is 26.9. The van der Waals surface area contributed by atoms with Gasteiger partial charge in [-0.3, -0.25) is 9.59 Å². The Hall–Kier alpha value is -3.46. The zero-order valence-electron chi connectivity index (χ0n) is 13.4. The molecule has 3 aromatic carbocycles. The molecule has 25 heavy (non-hydrogen) atoms. The van der Waals surface area contributed by atoms with Crippen LogP contribution in [0.25, 0.3) is 5.70 Å². The van der Waals surface area contributed by atoms with E-state index in [2.05, 4.69) is 0 Å². The number of hydrogen-bond acceptors (Lipinski definition) is 3. The van der Waals surface area contributed by atoms with Crippen LogP contribution in [0.3, 0.4) is 0 Å². The van der Waals surface area contributed by atoms with Crippen molar-refractivity contribution >= 4 is 28.6 Å². The summed E-state index contributed by atoms with van der Waals surface area (Å²) in [5, 5.41) is 0. The van der Waals surface area contributed by atoms with E-state index >= 15 is 0 Å². The Kier molecular flexibility index (Phi) is 3.75. The fourth-order valence-electron chi connectivity index (χ4n) is 3.07. The van der Waals surface area contributed by atoms with Gasteiger partial charge in [-0.2, -0.15) is 0 Å². The molecule has 0 aromatic heterocycles. The third-order valence-electron chi connectivity index (χ3n) is 4.21. The van der Waals surface area contributed by atoms with Crippen LogP contribution in [0.5, 0.6) is 0 Å². The quantitative estimate of drug-likeness (QED) is 0.659. The van der Waals surface area contributed by atoms with Crippen molar-refractivity contribution < 1.29 is 9.59 Å². The van der Waals surface area contributed by atoms with Crippen LogP contribution in [0.2, 0.25) is 0 Å². The number of allylic oxidation sites excluding steroid dienone is 1. The monoisotopic (exact) mass is 325 g/mol. The smallest absolute Gasteiger partial charge is 0.233 e. The second kappa shape index (κ2) is 6.21. The maximum Gasteiger partial charge on any atom is 0.233 e. The number of Topliss-reactive ketones (excluding diaryl/α,β-unsaturated/α-hetero) is 1. The predicted molar refractivity (Wildman–Crippen MR) is 98.8 cm³/mol. The van der Waals surface area contributed by atoms with Crippen molar-refractivity contribution in [1.29, 1.82) is 0 Å². The van der Waals surface area contributed by atoms with Gasteiger partial charge in [0.15, 0.2) is 0 Å². The van der Waals surface area contributed by atoms with Crippen LogP contribution >= 0.6 is 0 Å². The Morgan fingerprint density at radius 1 is 0.560 bits per heavy atom. The van der Waals surface area contributed by atoms with Crippen molar-refractivity contribution in [1.82, 2.24) is 0 Å². The molecule has 0 atom stereocenters. The molecule has 0 aliphatic heterocycles. The van der Waals surface area contributed by atoms with Crippen molar-refractivity contribution in [3.05, 3.63) is 102 Å². The standard InChI is InChI=1S/C22H15NO2/c24-21-15-20(18-13-7-8-14-19(18)22(21)25)23(16-9-3-1-4-10-16)17-11-5-2-6-12-17/h1-15H. The lowest BCUT2D eigenvalue weighted by Crippen LogP contribution is -2.25. The van der Waals surface area contributed by atoms with Crippen molar-refractivity contribution in [2.75, 3.05) is 4.90 Å². The summed E-state index contributed by atoms with van der Waals surface area (Å²) in [5.74, 6) is -0.953. The van der Waals surface area contributed by atoms with Gasteiger partial charge >= 0.3 is 0 Å². The lowest BCUT2D eigenvalue weighted by atomic mass is 9.91. The molecule has 0 bridgehead atoms. The average Bonchev–Trinajstić information content (AvgIpc) is 2.68. The highest BCUT2D eigenvalue weighted by Crippen LogP contribution is 2.37. The Balaban J connectivity index is 1.96. The summed E-state index contributed by atoms with van der Waals surface area (Å²) in [6.07, 6.45) is 1.44. The second-order valence-electron chi connectivity index (χ2n) is 5.78. The Labute approximate surface area is 145 Å². The van der Waals surface area contributed by atoms with E-state index < -0.39 is 11.6 Å². The van der Waals surface area contributed by atoms with E-state index in [0.29, 0.717) is 11.3 Å². The topological polar surface area (TPSA) is 37.4 Å². The van der Waals surface area contributed by atoms with Gasteiger partial charge in [-0.05, 0) is 24.3 Å². The lowest BCUT2D eigenvalue weighted by molar-refractivity contribution is -0.111. The summed E-state index contributed by atoms with van der Waals surface area (Å²) < 4.78 is 0. The first-order chi connectivity index (χ1) is 12.3. The van der Waals surface area contributed by atoms with Crippen molar-refractivity contribution in [2.24, 2.45) is 0 Å². The first-order valence-corrected chi connectivity index (χ1v) is 8.06. The summed E-state index contributed by atoms with van der Waals surface area (Å²) >= 11 is 0. The number of rotatable bonds is 3. The molecule has 0 spiro atoms. The summed E-state index contributed by atoms with van der Waals surface area (Å²) in [5.41, 5.74) is 3.77. The number of carbonyl (C=O) groups excluding carboxylic acids is 2. The highest BCUT2D eigenvalue weighted by molar-refractivity contribution is 6.50. The summed E-state index contributed by atoms with van der Waals surface area (Å²) in [4.78, 5) is 26.5. The maximum absolute atomic E-state index is 12.3. The molecule has 0 amide bonds. The molecular weight excluding hydrogens is 310 g/mol. The third kappa shape index (κ3) is 2.66. The van der Waals surface area contributed by atoms with Crippen LogP contribution in [-0.2, 0) is 4.79 Å². The van der Waals surface area contributed by atoms with E-state index in [1.807, 2.05) is 77.7 Å². The van der Waals surface area contributed by atoms with E-state index in [1.165, 1.54) is 6.08 Å². The Bertz CT molecular complexity index is 936. The van der Waals surface area contributed by atoms with Crippen LogP contribution < -0.4 is 4.90 Å². The van der Waals surface area contributed by atoms with Crippen LogP contribution in [0.4, 0.5) is 11.4 Å². The highest BCUT2D eigenvalue weighted by Gasteiger charge is 2.29. The molecule has 4 rings (SSSR count). The fourth-order valence-corrected chi connectivity index (χ4v) is 3.07. The number of carbonyl (C=O) groups is 2. The zero-order chi connectivity index (χ0) is 17.2. The Morgan fingerprint density at radius 2 is 1.04 bits per heavy atom. The number of hydrogen-bond donors (Lipinski definition) is 0. The van der Waals surface area contributed by atoms with Crippen LogP contribution in [-0.4, -0.2) is 11.6 Å². The van der Waals surface area contributed by atoms with Crippen LogP contribution in [0, 0.1) is 0 Å². The van der Waals surface area contributed by atoms with Crippen LogP contribution in [0.15, 0.2) is 91.0 Å². The molecule has 3 aromatic rings. The molecule has 0 unspecified atom stereocenters. The van der Waals surface area contributed by atoms with Gasteiger partial charge in [-0.1, -0.05) is 60.7 Å². The molecule has 120 valence electrons. The van der Waals surface area contributed by atoms with Gasteiger partial charge in [0.1, 0.15) is 0 Å². The average molecular weight is 325 g/mol. The third-order valence-corrected chi connectivity index (χ3v) is 4.21. The van der Waals surface area contributed by atoms with E-state index in [9.17, 15) is 9.59 Å². The maximum atomic E-state index is 12.3. The molecule has 0 saturated heterocycles. The summed E-state index contributed by atoms with van der Waals surface area (Å²) in [7, 11) is 0. The van der Waals surface area contributed by atoms with E-state index in [1.54, 1.807) is 12.1 Å². The fraction of sp³-hybridized carbons (Fsp3) is 0. The number of benzene rings is 3. The molecule has 0 N–H and O–H groups in total. The predicted octanol–water partition coefficient (Wildman–Crippen LogP) is 4.63. The minimum Gasteiger partial charge on any atom is -0.310 e. The minimum absolute atomic E-state index is 0.446. The number of ketones is 2. The van der Waals surface area contributed by atoms with Crippen molar-refractivity contribution in [2.45, 2.75) is 0 Å². The normalized spacial score (nSPS) is 13.2. The molecule has 1 aliphatic rings.